The van der Waals surface area contributed by atoms with Gasteiger partial charge in [-0.1, -0.05) is 11.6 Å². The van der Waals surface area contributed by atoms with E-state index in [1.165, 1.54) is 0 Å². The summed E-state index contributed by atoms with van der Waals surface area (Å²) in [5.74, 6) is 0.708. The highest BCUT2D eigenvalue weighted by Crippen LogP contribution is 2.30. The molecule has 0 bridgehead atoms. The molecule has 3 heteroatoms. The van der Waals surface area contributed by atoms with E-state index in [2.05, 4.69) is 0 Å². The third-order valence-corrected chi connectivity index (χ3v) is 2.12. The second-order valence-electron chi connectivity index (χ2n) is 2.52. The largest absolute Gasteiger partial charge is 0.492 e. The minimum absolute atomic E-state index is 0.616. The highest BCUT2D eigenvalue weighted by molar-refractivity contribution is 6.31. The van der Waals surface area contributed by atoms with Crippen LogP contribution in [-0.4, -0.2) is 6.61 Å². The highest BCUT2D eigenvalue weighted by atomic mass is 35.5. The lowest BCUT2D eigenvalue weighted by Crippen LogP contribution is -1.98. The van der Waals surface area contributed by atoms with Crippen LogP contribution in [0, 0.1) is 6.92 Å². The second kappa shape index (κ2) is 3.68. The van der Waals surface area contributed by atoms with E-state index in [4.69, 9.17) is 22.1 Å². The number of nitrogen functional groups attached to an aromatic ring is 1. The third-order valence-electron chi connectivity index (χ3n) is 1.71. The van der Waals surface area contributed by atoms with E-state index >= 15 is 0 Å². The monoisotopic (exact) mass is 185 g/mol. The summed E-state index contributed by atoms with van der Waals surface area (Å²) in [5, 5.41) is 0.677. The van der Waals surface area contributed by atoms with Crippen molar-refractivity contribution in [3.63, 3.8) is 0 Å². The van der Waals surface area contributed by atoms with Crippen molar-refractivity contribution in [2.24, 2.45) is 0 Å². The summed E-state index contributed by atoms with van der Waals surface area (Å²) in [6, 6.07) is 3.58. The Morgan fingerprint density at radius 1 is 1.50 bits per heavy atom. The van der Waals surface area contributed by atoms with E-state index in [1.54, 1.807) is 12.1 Å². The molecule has 0 saturated carbocycles. The van der Waals surface area contributed by atoms with E-state index in [-0.39, 0.29) is 0 Å². The Kier molecular flexibility index (Phi) is 2.82. The minimum atomic E-state index is 0.616. The van der Waals surface area contributed by atoms with E-state index in [9.17, 15) is 0 Å². The lowest BCUT2D eigenvalue weighted by molar-refractivity contribution is 0.342. The zero-order valence-corrected chi connectivity index (χ0v) is 7.98. The molecule has 0 aliphatic rings. The molecule has 1 rings (SSSR count). The quantitative estimate of drug-likeness (QED) is 0.719. The molecule has 0 radical (unpaired) electrons. The van der Waals surface area contributed by atoms with Crippen LogP contribution >= 0.6 is 11.6 Å². The zero-order chi connectivity index (χ0) is 9.14. The molecule has 0 amide bonds. The maximum atomic E-state index is 5.85. The van der Waals surface area contributed by atoms with Gasteiger partial charge in [0.2, 0.25) is 0 Å². The number of benzene rings is 1. The maximum Gasteiger partial charge on any atom is 0.142 e. The van der Waals surface area contributed by atoms with Gasteiger partial charge in [0.15, 0.2) is 0 Å². The summed E-state index contributed by atoms with van der Waals surface area (Å²) in [5.41, 5.74) is 7.27. The Morgan fingerprint density at radius 2 is 2.17 bits per heavy atom. The van der Waals surface area contributed by atoms with Crippen LogP contribution in [0.5, 0.6) is 5.75 Å². The number of halogens is 1. The van der Waals surface area contributed by atoms with Crippen LogP contribution in [0.4, 0.5) is 5.69 Å². The summed E-state index contributed by atoms with van der Waals surface area (Å²) in [7, 11) is 0. The van der Waals surface area contributed by atoms with Crippen LogP contribution in [0.15, 0.2) is 12.1 Å². The Morgan fingerprint density at radius 3 is 2.75 bits per heavy atom. The summed E-state index contributed by atoms with van der Waals surface area (Å²) >= 11 is 5.85. The van der Waals surface area contributed by atoms with Crippen molar-refractivity contribution in [1.29, 1.82) is 0 Å². The Balaban J connectivity index is 3.08. The lowest BCUT2D eigenvalue weighted by atomic mass is 10.2. The average molecular weight is 186 g/mol. The van der Waals surface area contributed by atoms with Crippen molar-refractivity contribution < 1.29 is 4.74 Å². The van der Waals surface area contributed by atoms with Gasteiger partial charge < -0.3 is 10.5 Å². The molecule has 66 valence electrons. The van der Waals surface area contributed by atoms with Crippen molar-refractivity contribution >= 4 is 17.3 Å². The lowest BCUT2D eigenvalue weighted by Gasteiger charge is -2.09. The Bertz CT molecular complexity index is 286. The number of hydrogen-bond acceptors (Lipinski definition) is 2. The first kappa shape index (κ1) is 9.20. The van der Waals surface area contributed by atoms with Crippen LogP contribution in [0.1, 0.15) is 12.5 Å². The van der Waals surface area contributed by atoms with Gasteiger partial charge >= 0.3 is 0 Å². The molecule has 0 saturated heterocycles. The molecule has 0 heterocycles. The van der Waals surface area contributed by atoms with Gasteiger partial charge in [0.05, 0.1) is 12.3 Å². The molecule has 0 unspecified atom stereocenters. The fraction of sp³-hybridized carbons (Fsp3) is 0.333. The summed E-state index contributed by atoms with van der Waals surface area (Å²) in [4.78, 5) is 0. The maximum absolute atomic E-state index is 5.85. The van der Waals surface area contributed by atoms with Crippen LogP contribution in [0.3, 0.4) is 0 Å². The van der Waals surface area contributed by atoms with Crippen LogP contribution in [-0.2, 0) is 0 Å². The molecule has 1 aromatic carbocycles. The third kappa shape index (κ3) is 1.64. The zero-order valence-electron chi connectivity index (χ0n) is 7.23. The fourth-order valence-corrected chi connectivity index (χ4v) is 1.12. The van der Waals surface area contributed by atoms with Gasteiger partial charge in [-0.3, -0.25) is 0 Å². The number of ether oxygens (including phenoxy) is 1. The molecule has 0 aliphatic heterocycles. The predicted octanol–water partition coefficient (Wildman–Crippen LogP) is 2.63. The Hall–Kier alpha value is -0.890. The molecule has 12 heavy (non-hydrogen) atoms. The molecule has 2 nitrogen and oxygen atoms in total. The summed E-state index contributed by atoms with van der Waals surface area (Å²) < 4.78 is 5.29. The van der Waals surface area contributed by atoms with Gasteiger partial charge in [0.25, 0.3) is 0 Å². The molecule has 2 N–H and O–H groups in total. The number of rotatable bonds is 2. The van der Waals surface area contributed by atoms with Crippen LogP contribution < -0.4 is 10.5 Å². The van der Waals surface area contributed by atoms with Crippen LogP contribution in [0.25, 0.3) is 0 Å². The van der Waals surface area contributed by atoms with Crippen LogP contribution in [0.2, 0.25) is 5.02 Å². The van der Waals surface area contributed by atoms with E-state index in [0.717, 1.165) is 5.56 Å². The first-order chi connectivity index (χ1) is 5.66. The normalized spacial score (nSPS) is 9.92. The molecular formula is C9H12ClNO. The average Bonchev–Trinajstić information content (AvgIpc) is 2.07. The molecule has 0 aliphatic carbocycles. The SMILES string of the molecule is CCOc1ccc(Cl)c(C)c1N. The number of anilines is 1. The molecule has 0 aromatic heterocycles. The number of nitrogens with two attached hydrogens (primary N) is 1. The first-order valence-corrected chi connectivity index (χ1v) is 4.22. The van der Waals surface area contributed by atoms with Crippen molar-refractivity contribution in [3.05, 3.63) is 22.7 Å². The first-order valence-electron chi connectivity index (χ1n) is 3.84. The molecule has 0 fully saturated rings. The van der Waals surface area contributed by atoms with Gasteiger partial charge in [0.1, 0.15) is 5.75 Å². The van der Waals surface area contributed by atoms with Gasteiger partial charge in [-0.05, 0) is 31.5 Å². The fourth-order valence-electron chi connectivity index (χ4n) is 0.958. The number of hydrogen-bond donors (Lipinski definition) is 1. The van der Waals surface area contributed by atoms with Crippen molar-refractivity contribution in [3.8, 4) is 5.75 Å². The Labute approximate surface area is 77.3 Å². The van der Waals surface area contributed by atoms with E-state index in [0.29, 0.717) is 23.1 Å². The molecular weight excluding hydrogens is 174 g/mol. The summed E-state index contributed by atoms with van der Waals surface area (Å²) in [6.45, 7) is 4.41. The van der Waals surface area contributed by atoms with E-state index < -0.39 is 0 Å². The molecule has 0 atom stereocenters. The second-order valence-corrected chi connectivity index (χ2v) is 2.92. The van der Waals surface area contributed by atoms with Gasteiger partial charge in [0, 0.05) is 5.02 Å². The van der Waals surface area contributed by atoms with Crippen molar-refractivity contribution in [2.75, 3.05) is 12.3 Å². The van der Waals surface area contributed by atoms with Gasteiger partial charge in [-0.25, -0.2) is 0 Å². The van der Waals surface area contributed by atoms with E-state index in [1.807, 2.05) is 13.8 Å². The highest BCUT2D eigenvalue weighted by Gasteiger charge is 2.05. The standard InChI is InChI=1S/C9H12ClNO/c1-3-12-8-5-4-7(10)6(2)9(8)11/h4-5H,3,11H2,1-2H3. The topological polar surface area (TPSA) is 35.2 Å². The molecule has 0 spiro atoms. The smallest absolute Gasteiger partial charge is 0.142 e. The molecule has 1 aromatic rings. The van der Waals surface area contributed by atoms with Gasteiger partial charge in [-0.2, -0.15) is 0 Å². The minimum Gasteiger partial charge on any atom is -0.492 e. The van der Waals surface area contributed by atoms with Crippen molar-refractivity contribution in [1.82, 2.24) is 0 Å². The van der Waals surface area contributed by atoms with Gasteiger partial charge in [-0.15, -0.1) is 0 Å². The summed E-state index contributed by atoms with van der Waals surface area (Å²) in [6.07, 6.45) is 0. The predicted molar refractivity (Wildman–Crippen MR) is 51.8 cm³/mol. The van der Waals surface area contributed by atoms with Crippen molar-refractivity contribution in [2.45, 2.75) is 13.8 Å².